The summed E-state index contributed by atoms with van der Waals surface area (Å²) in [6.07, 6.45) is -22.6. The predicted octanol–water partition coefficient (Wildman–Crippen LogP) is -1.22. The van der Waals surface area contributed by atoms with Crippen molar-refractivity contribution in [2.24, 2.45) is 0 Å². The number of ether oxygens (including phenoxy) is 7. The molecule has 22 heteroatoms. The Bertz CT molecular complexity index is 2390. The fourth-order valence-corrected chi connectivity index (χ4v) is 7.20. The fourth-order valence-electron chi connectivity index (χ4n) is 7.20. The molecule has 3 aliphatic rings. The van der Waals surface area contributed by atoms with E-state index < -0.39 is 150 Å². The summed E-state index contributed by atoms with van der Waals surface area (Å²) in [6.45, 7) is 2.07. The van der Waals surface area contributed by atoms with Crippen molar-refractivity contribution in [3.63, 3.8) is 0 Å². The number of carbonyl (C=O) groups excluding carboxylic acids is 1. The lowest BCUT2D eigenvalue weighted by Gasteiger charge is -2.43. The first kappa shape index (κ1) is 46.4. The van der Waals surface area contributed by atoms with Crippen molar-refractivity contribution in [3.05, 3.63) is 76.5 Å². The molecule has 3 saturated heterocycles. The molecule has 0 amide bonds. The third-order valence-corrected chi connectivity index (χ3v) is 10.9. The number of phenolic OH excluding ortho intramolecular Hbond substituents is 4. The van der Waals surface area contributed by atoms with Gasteiger partial charge in [-0.3, -0.25) is 4.79 Å². The highest BCUT2D eigenvalue weighted by Crippen LogP contribution is 2.40. The first-order chi connectivity index (χ1) is 30.3. The van der Waals surface area contributed by atoms with Crippen LogP contribution in [0.2, 0.25) is 0 Å². The summed E-state index contributed by atoms with van der Waals surface area (Å²) in [4.78, 5) is 27.4. The second-order valence-electron chi connectivity index (χ2n) is 15.4. The van der Waals surface area contributed by atoms with E-state index in [4.69, 9.17) is 37.6 Å². The molecule has 3 aromatic carbocycles. The van der Waals surface area contributed by atoms with Crippen LogP contribution < -0.4 is 14.9 Å². The zero-order valence-electron chi connectivity index (χ0n) is 33.7. The Balaban J connectivity index is 1.23. The Labute approximate surface area is 361 Å². The second-order valence-corrected chi connectivity index (χ2v) is 15.4. The number of carbonyl (C=O) groups is 1. The SMILES string of the molecule is C[C@@H]1O[C@H](Oc2cc(O)c3c(=O)c(O[C@H]4O[C@@H](CO[C@@H]5O[C@@H](C)[C@@H](O)[C@H](O)[C@H]5O)[C@H](OC(=O)C=Cc5ccc(O)cc5)[C@@H](O)[C@H]4O)c(-c4ccc(O)c(O)c4)oc3c2)[C@@H](O)[C@@H](O)[C@H]1O. The van der Waals surface area contributed by atoms with Gasteiger partial charge in [0, 0.05) is 23.8 Å². The van der Waals surface area contributed by atoms with E-state index >= 15 is 0 Å². The Hall–Kier alpha value is -5.60. The molecule has 0 bridgehead atoms. The summed E-state index contributed by atoms with van der Waals surface area (Å²) in [7, 11) is 0. The molecule has 3 aliphatic heterocycles. The lowest BCUT2D eigenvalue weighted by Crippen LogP contribution is -2.62. The number of hydrogen-bond acceptors (Lipinski definition) is 22. The standard InChI is InChI=1S/C42H46O22/c1-15-28(48)31(51)34(54)40(58-15)57-14-25-38(63-26(47)10-5-17-3-7-19(43)8-4-17)33(53)36(56)42(62-25)64-39-30(50)27-23(46)12-20(60-41-35(55)32(52)29(49)16(2)59-41)13-24(27)61-37(39)18-6-9-21(44)22(45)11-18/h3-13,15-16,25,28-29,31-36,38,40-46,48-49,51-56H,14H2,1-2H3/t15-,16-,25-,28+,29-,31-,32-,33-,34+,35-,36+,38-,40+,41+,42+/m0/s1. The zero-order valence-corrected chi connectivity index (χ0v) is 33.7. The van der Waals surface area contributed by atoms with Crippen LogP contribution in [0.4, 0.5) is 0 Å². The van der Waals surface area contributed by atoms with Gasteiger partial charge in [-0.05, 0) is 55.8 Å². The number of aromatic hydroxyl groups is 4. The van der Waals surface area contributed by atoms with Gasteiger partial charge >= 0.3 is 5.97 Å². The third-order valence-electron chi connectivity index (χ3n) is 10.9. The lowest BCUT2D eigenvalue weighted by atomic mass is 9.98. The Morgan fingerprint density at radius 3 is 1.92 bits per heavy atom. The molecule has 1 aromatic heterocycles. The number of benzene rings is 3. The smallest absolute Gasteiger partial charge is 0.331 e. The minimum atomic E-state index is -2.15. The molecular formula is C42H46O22. The quantitative estimate of drug-likeness (QED) is 0.0477. The van der Waals surface area contributed by atoms with Crippen molar-refractivity contribution < 1.29 is 104 Å². The maximum Gasteiger partial charge on any atom is 0.331 e. The van der Waals surface area contributed by atoms with Gasteiger partial charge in [0.2, 0.25) is 23.8 Å². The highest BCUT2D eigenvalue weighted by molar-refractivity contribution is 5.89. The molecule has 12 N–H and O–H groups in total. The highest BCUT2D eigenvalue weighted by atomic mass is 16.7. The molecule has 0 radical (unpaired) electrons. The highest BCUT2D eigenvalue weighted by Gasteiger charge is 2.50. The average Bonchev–Trinajstić information content (AvgIpc) is 3.26. The summed E-state index contributed by atoms with van der Waals surface area (Å²) >= 11 is 0. The van der Waals surface area contributed by atoms with Crippen molar-refractivity contribution in [1.29, 1.82) is 0 Å². The van der Waals surface area contributed by atoms with Crippen molar-refractivity contribution in [2.45, 2.75) is 106 Å². The minimum absolute atomic E-state index is 0.0312. The summed E-state index contributed by atoms with van der Waals surface area (Å²) < 4.78 is 45.7. The number of phenols is 4. The Morgan fingerprint density at radius 2 is 1.27 bits per heavy atom. The Morgan fingerprint density at radius 1 is 0.656 bits per heavy atom. The van der Waals surface area contributed by atoms with E-state index in [1.165, 1.54) is 50.3 Å². The maximum atomic E-state index is 14.4. The Kier molecular flexibility index (Phi) is 13.7. The number of hydrogen-bond donors (Lipinski definition) is 12. The van der Waals surface area contributed by atoms with Gasteiger partial charge < -0.3 is 98.9 Å². The van der Waals surface area contributed by atoms with Crippen LogP contribution in [-0.2, 0) is 28.5 Å². The summed E-state index contributed by atoms with van der Waals surface area (Å²) in [6, 6.07) is 10.9. The van der Waals surface area contributed by atoms with Crippen molar-refractivity contribution >= 4 is 23.0 Å². The van der Waals surface area contributed by atoms with Crippen molar-refractivity contribution in [2.75, 3.05) is 6.61 Å². The molecule has 64 heavy (non-hydrogen) atoms. The molecule has 0 saturated carbocycles. The van der Waals surface area contributed by atoms with Crippen LogP contribution in [0.25, 0.3) is 28.4 Å². The van der Waals surface area contributed by atoms with Crippen LogP contribution in [0, 0.1) is 0 Å². The van der Waals surface area contributed by atoms with Crippen molar-refractivity contribution in [3.8, 4) is 45.8 Å². The molecule has 3 fully saturated rings. The van der Waals surface area contributed by atoms with Crippen LogP contribution in [0.5, 0.6) is 34.5 Å². The predicted molar refractivity (Wildman–Crippen MR) is 213 cm³/mol. The molecule has 22 nitrogen and oxygen atoms in total. The molecular weight excluding hydrogens is 856 g/mol. The third kappa shape index (κ3) is 9.44. The van der Waals surface area contributed by atoms with Crippen LogP contribution in [0.1, 0.15) is 19.4 Å². The van der Waals surface area contributed by atoms with E-state index in [0.29, 0.717) is 5.56 Å². The number of esters is 1. The molecule has 4 aromatic rings. The van der Waals surface area contributed by atoms with Crippen LogP contribution in [0.3, 0.4) is 0 Å². The largest absolute Gasteiger partial charge is 0.508 e. The maximum absolute atomic E-state index is 14.4. The van der Waals surface area contributed by atoms with E-state index in [9.17, 15) is 70.9 Å². The van der Waals surface area contributed by atoms with Gasteiger partial charge in [-0.1, -0.05) is 12.1 Å². The molecule has 0 unspecified atom stereocenters. The first-order valence-corrected chi connectivity index (χ1v) is 19.7. The van der Waals surface area contributed by atoms with Gasteiger partial charge in [-0.25, -0.2) is 4.79 Å². The molecule has 0 aliphatic carbocycles. The number of aliphatic hydroxyl groups excluding tert-OH is 8. The summed E-state index contributed by atoms with van der Waals surface area (Å²) in [5.74, 6) is -4.73. The molecule has 4 heterocycles. The van der Waals surface area contributed by atoms with Gasteiger partial charge in [0.15, 0.2) is 29.7 Å². The zero-order chi connectivity index (χ0) is 46.3. The van der Waals surface area contributed by atoms with Crippen LogP contribution >= 0.6 is 0 Å². The van der Waals surface area contributed by atoms with Gasteiger partial charge in [-0.15, -0.1) is 0 Å². The monoisotopic (exact) mass is 902 g/mol. The molecule has 7 rings (SSSR count). The van der Waals surface area contributed by atoms with Gasteiger partial charge in [0.05, 0.1) is 18.8 Å². The molecule has 346 valence electrons. The summed E-state index contributed by atoms with van der Waals surface area (Å²) in [5, 5.41) is 125. The van der Waals surface area contributed by atoms with E-state index in [1.807, 2.05) is 0 Å². The molecule has 0 spiro atoms. The van der Waals surface area contributed by atoms with Crippen molar-refractivity contribution in [1.82, 2.24) is 0 Å². The van der Waals surface area contributed by atoms with Gasteiger partial charge in [-0.2, -0.15) is 0 Å². The van der Waals surface area contributed by atoms with E-state index in [0.717, 1.165) is 30.3 Å². The first-order valence-electron chi connectivity index (χ1n) is 19.7. The normalized spacial score (nSPS) is 33.2. The van der Waals surface area contributed by atoms with E-state index in [-0.39, 0.29) is 17.1 Å². The number of fused-ring (bicyclic) bond motifs is 1. The number of aliphatic hydroxyl groups is 8. The van der Waals surface area contributed by atoms with E-state index in [1.54, 1.807) is 0 Å². The van der Waals surface area contributed by atoms with Crippen LogP contribution in [-0.4, -0.2) is 166 Å². The number of rotatable bonds is 11. The fraction of sp³-hybridized carbons (Fsp3) is 0.429. The second kappa shape index (κ2) is 18.9. The summed E-state index contributed by atoms with van der Waals surface area (Å²) in [5.41, 5.74) is -1.20. The topological polar surface area (TPSA) is 355 Å². The molecule has 15 atom stereocenters. The van der Waals surface area contributed by atoms with E-state index in [2.05, 4.69) is 0 Å². The lowest BCUT2D eigenvalue weighted by molar-refractivity contribution is -0.319. The van der Waals surface area contributed by atoms with Crippen LogP contribution in [0.15, 0.2) is 69.9 Å². The minimum Gasteiger partial charge on any atom is -0.508 e. The van der Waals surface area contributed by atoms with Gasteiger partial charge in [0.1, 0.15) is 83.2 Å². The van der Waals surface area contributed by atoms with Gasteiger partial charge in [0.25, 0.3) is 0 Å². The average molecular weight is 903 g/mol.